The van der Waals surface area contributed by atoms with E-state index in [9.17, 15) is 4.79 Å². The molecule has 0 aromatic rings. The van der Waals surface area contributed by atoms with Gasteiger partial charge in [-0.05, 0) is 6.42 Å². The molecule has 2 unspecified atom stereocenters. The average Bonchev–Trinajstić information content (AvgIpc) is 2.44. The third kappa shape index (κ3) is 0.671. The summed E-state index contributed by atoms with van der Waals surface area (Å²) in [5.74, 6) is -0.487. The number of rotatable bonds is 1. The van der Waals surface area contributed by atoms with Crippen LogP contribution in [0.15, 0.2) is 12.2 Å². The molecule has 2 N–H and O–H groups in total. The Labute approximate surface area is 58.7 Å². The fraction of sp³-hybridized carbons (Fsp3) is 0.571. The van der Waals surface area contributed by atoms with Gasteiger partial charge >= 0.3 is 5.97 Å². The van der Waals surface area contributed by atoms with E-state index in [-0.39, 0.29) is 12.0 Å². The SMILES string of the molecule is O=C(O)C1N[C@@H]2C=CC1C2. The number of carboxylic acids is 1. The number of carboxylic acid groups (broad SMARTS) is 1. The zero-order valence-corrected chi connectivity index (χ0v) is 5.45. The Morgan fingerprint density at radius 2 is 2.40 bits per heavy atom. The second-order valence-electron chi connectivity index (χ2n) is 2.87. The highest BCUT2D eigenvalue weighted by molar-refractivity contribution is 5.75. The molecule has 1 heterocycles. The first-order chi connectivity index (χ1) is 4.77. The van der Waals surface area contributed by atoms with Crippen molar-refractivity contribution in [2.75, 3.05) is 0 Å². The van der Waals surface area contributed by atoms with E-state index in [1.165, 1.54) is 0 Å². The molecule has 0 aromatic heterocycles. The molecule has 0 spiro atoms. The maximum atomic E-state index is 10.5. The normalized spacial score (nSPS) is 42.6. The van der Waals surface area contributed by atoms with Gasteiger partial charge in [-0.2, -0.15) is 0 Å². The van der Waals surface area contributed by atoms with E-state index < -0.39 is 5.97 Å². The minimum atomic E-state index is -0.725. The van der Waals surface area contributed by atoms with Crippen molar-refractivity contribution < 1.29 is 9.90 Å². The van der Waals surface area contributed by atoms with Crippen molar-refractivity contribution in [3.8, 4) is 0 Å². The predicted octanol–water partition coefficient (Wildman–Crippen LogP) is -0.0125. The van der Waals surface area contributed by atoms with E-state index in [4.69, 9.17) is 5.11 Å². The predicted molar refractivity (Wildman–Crippen MR) is 35.6 cm³/mol. The third-order valence-corrected chi connectivity index (χ3v) is 2.20. The molecule has 54 valence electrons. The van der Waals surface area contributed by atoms with Gasteiger partial charge in [0.05, 0.1) is 0 Å². The van der Waals surface area contributed by atoms with E-state index in [1.807, 2.05) is 12.2 Å². The Balaban J connectivity index is 2.16. The van der Waals surface area contributed by atoms with Crippen LogP contribution in [0.3, 0.4) is 0 Å². The van der Waals surface area contributed by atoms with Gasteiger partial charge in [0.15, 0.2) is 0 Å². The van der Waals surface area contributed by atoms with E-state index in [1.54, 1.807) is 0 Å². The molecule has 1 fully saturated rings. The van der Waals surface area contributed by atoms with Crippen molar-refractivity contribution >= 4 is 5.97 Å². The van der Waals surface area contributed by atoms with E-state index in [0.717, 1.165) is 6.42 Å². The zero-order chi connectivity index (χ0) is 7.14. The Morgan fingerprint density at radius 1 is 1.60 bits per heavy atom. The third-order valence-electron chi connectivity index (χ3n) is 2.20. The molecule has 1 aliphatic carbocycles. The first-order valence-corrected chi connectivity index (χ1v) is 3.44. The van der Waals surface area contributed by atoms with Crippen LogP contribution in [-0.2, 0) is 4.79 Å². The van der Waals surface area contributed by atoms with Crippen LogP contribution in [-0.4, -0.2) is 23.2 Å². The van der Waals surface area contributed by atoms with Gasteiger partial charge in [0.2, 0.25) is 0 Å². The lowest BCUT2D eigenvalue weighted by atomic mass is 10.0. The number of nitrogens with one attached hydrogen (secondary N) is 1. The van der Waals surface area contributed by atoms with Crippen molar-refractivity contribution in [1.29, 1.82) is 0 Å². The number of hydrogen-bond acceptors (Lipinski definition) is 2. The van der Waals surface area contributed by atoms with E-state index in [2.05, 4.69) is 5.32 Å². The van der Waals surface area contributed by atoms with Gasteiger partial charge in [0.25, 0.3) is 0 Å². The quantitative estimate of drug-likeness (QED) is 0.502. The maximum Gasteiger partial charge on any atom is 0.321 e. The van der Waals surface area contributed by atoms with Crippen LogP contribution in [0, 0.1) is 5.92 Å². The molecule has 1 aliphatic heterocycles. The molecule has 10 heavy (non-hydrogen) atoms. The summed E-state index contributed by atoms with van der Waals surface area (Å²) in [6, 6.07) is 0.00102. The van der Waals surface area contributed by atoms with Crippen LogP contribution in [0.5, 0.6) is 0 Å². The van der Waals surface area contributed by atoms with E-state index in [0.29, 0.717) is 6.04 Å². The Kier molecular flexibility index (Phi) is 1.08. The molecular formula is C7H9NO2. The first-order valence-electron chi connectivity index (χ1n) is 3.44. The van der Waals surface area contributed by atoms with Crippen molar-refractivity contribution in [3.63, 3.8) is 0 Å². The molecule has 3 atom stereocenters. The van der Waals surface area contributed by atoms with Crippen LogP contribution < -0.4 is 5.32 Å². The molecular weight excluding hydrogens is 130 g/mol. The summed E-state index contributed by atoms with van der Waals surface area (Å²) in [5, 5.41) is 11.6. The Hall–Kier alpha value is -0.830. The lowest BCUT2D eigenvalue weighted by Crippen LogP contribution is -2.39. The standard InChI is InChI=1S/C7H9NO2/c9-7(10)6-4-1-2-5(3-4)8-6/h1-2,4-6,8H,3H2,(H,9,10)/t4?,5-,6?/m1/s1. The number of aliphatic carboxylic acids is 1. The topological polar surface area (TPSA) is 49.3 Å². The van der Waals surface area contributed by atoms with Gasteiger partial charge in [0.1, 0.15) is 6.04 Å². The molecule has 0 saturated carbocycles. The van der Waals surface area contributed by atoms with Gasteiger partial charge < -0.3 is 5.11 Å². The van der Waals surface area contributed by atoms with Crippen LogP contribution in [0.25, 0.3) is 0 Å². The monoisotopic (exact) mass is 139 g/mol. The maximum absolute atomic E-state index is 10.5. The summed E-state index contributed by atoms with van der Waals surface area (Å²) in [6.07, 6.45) is 5.01. The fourth-order valence-corrected chi connectivity index (χ4v) is 1.71. The average molecular weight is 139 g/mol. The summed E-state index contributed by atoms with van der Waals surface area (Å²) < 4.78 is 0. The smallest absolute Gasteiger partial charge is 0.321 e. The number of hydrogen-bond donors (Lipinski definition) is 2. The molecule has 0 radical (unpaired) electrons. The second-order valence-corrected chi connectivity index (χ2v) is 2.87. The summed E-state index contributed by atoms with van der Waals surface area (Å²) in [7, 11) is 0. The molecule has 0 aromatic carbocycles. The van der Waals surface area contributed by atoms with Gasteiger partial charge in [-0.1, -0.05) is 12.2 Å². The summed E-state index contributed by atoms with van der Waals surface area (Å²) in [6.45, 7) is 0. The van der Waals surface area contributed by atoms with Crippen LogP contribution >= 0.6 is 0 Å². The molecule has 0 amide bonds. The van der Waals surface area contributed by atoms with Crippen LogP contribution in [0.4, 0.5) is 0 Å². The summed E-state index contributed by atoms with van der Waals surface area (Å²) in [5.41, 5.74) is 0. The second kappa shape index (κ2) is 1.83. The van der Waals surface area contributed by atoms with E-state index >= 15 is 0 Å². The van der Waals surface area contributed by atoms with Gasteiger partial charge in [-0.3, -0.25) is 10.1 Å². The highest BCUT2D eigenvalue weighted by atomic mass is 16.4. The Morgan fingerprint density at radius 3 is 2.70 bits per heavy atom. The largest absolute Gasteiger partial charge is 0.480 e. The number of carbonyl (C=O) groups is 1. The van der Waals surface area contributed by atoms with Crippen molar-refractivity contribution in [3.05, 3.63) is 12.2 Å². The summed E-state index contributed by atoms with van der Waals surface area (Å²) in [4.78, 5) is 10.5. The molecule has 3 heteroatoms. The van der Waals surface area contributed by atoms with Gasteiger partial charge in [-0.25, -0.2) is 0 Å². The zero-order valence-electron chi connectivity index (χ0n) is 5.45. The minimum absolute atomic E-state index is 0.238. The molecule has 3 nitrogen and oxygen atoms in total. The van der Waals surface area contributed by atoms with Crippen molar-refractivity contribution in [2.24, 2.45) is 5.92 Å². The molecule has 2 rings (SSSR count). The first kappa shape index (κ1) is 5.92. The Bertz CT molecular complexity index is 200. The van der Waals surface area contributed by atoms with Crippen molar-refractivity contribution in [2.45, 2.75) is 18.5 Å². The van der Waals surface area contributed by atoms with Crippen LogP contribution in [0.1, 0.15) is 6.42 Å². The molecule has 1 saturated heterocycles. The highest BCUT2D eigenvalue weighted by Crippen LogP contribution is 2.28. The van der Waals surface area contributed by atoms with Crippen molar-refractivity contribution in [1.82, 2.24) is 5.32 Å². The molecule has 2 aliphatic rings. The lowest BCUT2D eigenvalue weighted by molar-refractivity contribution is -0.139. The van der Waals surface area contributed by atoms with Crippen LogP contribution in [0.2, 0.25) is 0 Å². The van der Waals surface area contributed by atoms with Gasteiger partial charge in [0, 0.05) is 12.0 Å². The van der Waals surface area contributed by atoms with Gasteiger partial charge in [-0.15, -0.1) is 0 Å². The lowest BCUT2D eigenvalue weighted by Gasteiger charge is -2.13. The highest BCUT2D eigenvalue weighted by Gasteiger charge is 2.39. The fourth-order valence-electron chi connectivity index (χ4n) is 1.71. The minimum Gasteiger partial charge on any atom is -0.480 e. The number of fused-ring (bicyclic) bond motifs is 2. The molecule has 2 bridgehead atoms. The summed E-state index contributed by atoms with van der Waals surface area (Å²) >= 11 is 0.